The number of likely N-dealkylation sites (N-methyl/N-ethyl adjacent to an activating group) is 1. The molecule has 2 aliphatic rings. The number of piperidine rings is 1. The molecule has 2 atom stereocenters. The summed E-state index contributed by atoms with van der Waals surface area (Å²) >= 11 is 0. The summed E-state index contributed by atoms with van der Waals surface area (Å²) in [6.07, 6.45) is 4.99. The number of methoxy groups -OCH3 is 1. The van der Waals surface area contributed by atoms with E-state index in [0.29, 0.717) is 18.5 Å². The zero-order chi connectivity index (χ0) is 14.8. The summed E-state index contributed by atoms with van der Waals surface area (Å²) in [6, 6.07) is 7.35. The van der Waals surface area contributed by atoms with Gasteiger partial charge >= 0.3 is 0 Å². The highest BCUT2D eigenvalue weighted by Crippen LogP contribution is 2.26. The Hall–Kier alpha value is -1.55. The van der Waals surface area contributed by atoms with Gasteiger partial charge in [-0.2, -0.15) is 0 Å². The summed E-state index contributed by atoms with van der Waals surface area (Å²) in [6.45, 7) is 0.834. The van der Waals surface area contributed by atoms with Crippen LogP contribution in [0.15, 0.2) is 18.2 Å². The molecule has 1 heterocycles. The SMILES string of the molecule is COc1ccc2c(c1)CC(NC1CCC(=O)N(C)C1)CC2. The van der Waals surface area contributed by atoms with Crippen LogP contribution in [0.1, 0.15) is 30.4 Å². The van der Waals surface area contributed by atoms with E-state index in [0.717, 1.165) is 31.6 Å². The second kappa shape index (κ2) is 6.06. The number of amides is 1. The van der Waals surface area contributed by atoms with E-state index in [-0.39, 0.29) is 5.91 Å². The van der Waals surface area contributed by atoms with Gasteiger partial charge < -0.3 is 15.0 Å². The van der Waals surface area contributed by atoms with Crippen LogP contribution in [0, 0.1) is 0 Å². The van der Waals surface area contributed by atoms with Crippen LogP contribution in [-0.2, 0) is 17.6 Å². The number of fused-ring (bicyclic) bond motifs is 1. The van der Waals surface area contributed by atoms with Gasteiger partial charge in [-0.05, 0) is 48.9 Å². The minimum absolute atomic E-state index is 0.270. The van der Waals surface area contributed by atoms with Crippen LogP contribution >= 0.6 is 0 Å². The molecule has 21 heavy (non-hydrogen) atoms. The molecule has 1 amide bonds. The molecule has 1 aliphatic heterocycles. The molecule has 4 nitrogen and oxygen atoms in total. The molecule has 0 saturated carbocycles. The van der Waals surface area contributed by atoms with Crippen molar-refractivity contribution in [1.29, 1.82) is 0 Å². The van der Waals surface area contributed by atoms with Crippen LogP contribution in [0.3, 0.4) is 0 Å². The fourth-order valence-electron chi connectivity index (χ4n) is 3.48. The van der Waals surface area contributed by atoms with E-state index in [1.807, 2.05) is 18.0 Å². The lowest BCUT2D eigenvalue weighted by atomic mass is 9.87. The van der Waals surface area contributed by atoms with E-state index in [4.69, 9.17) is 4.74 Å². The van der Waals surface area contributed by atoms with Gasteiger partial charge in [0.05, 0.1) is 7.11 Å². The maximum absolute atomic E-state index is 11.6. The zero-order valence-corrected chi connectivity index (χ0v) is 12.9. The van der Waals surface area contributed by atoms with Gasteiger partial charge in [0.1, 0.15) is 5.75 Å². The van der Waals surface area contributed by atoms with Crippen molar-refractivity contribution in [3.05, 3.63) is 29.3 Å². The van der Waals surface area contributed by atoms with Crippen molar-refractivity contribution in [1.82, 2.24) is 10.2 Å². The summed E-state index contributed by atoms with van der Waals surface area (Å²) in [4.78, 5) is 13.4. The molecule has 0 aromatic heterocycles. The number of carbonyl (C=O) groups excluding carboxylic acids is 1. The lowest BCUT2D eigenvalue weighted by molar-refractivity contribution is -0.132. The molecule has 3 rings (SSSR count). The van der Waals surface area contributed by atoms with E-state index >= 15 is 0 Å². The second-order valence-corrected chi connectivity index (χ2v) is 6.25. The maximum Gasteiger partial charge on any atom is 0.222 e. The van der Waals surface area contributed by atoms with Crippen LogP contribution in [0.2, 0.25) is 0 Å². The number of hydrogen-bond donors (Lipinski definition) is 1. The quantitative estimate of drug-likeness (QED) is 0.921. The Morgan fingerprint density at radius 1 is 1.19 bits per heavy atom. The molecule has 1 aliphatic carbocycles. The number of benzene rings is 1. The monoisotopic (exact) mass is 288 g/mol. The Labute approximate surface area is 126 Å². The first-order valence-corrected chi connectivity index (χ1v) is 7.81. The van der Waals surface area contributed by atoms with E-state index < -0.39 is 0 Å². The maximum atomic E-state index is 11.6. The highest BCUT2D eigenvalue weighted by Gasteiger charge is 2.26. The van der Waals surface area contributed by atoms with Crippen molar-refractivity contribution in [2.75, 3.05) is 20.7 Å². The van der Waals surface area contributed by atoms with Crippen molar-refractivity contribution in [3.63, 3.8) is 0 Å². The van der Waals surface area contributed by atoms with Gasteiger partial charge in [-0.1, -0.05) is 6.07 Å². The average molecular weight is 288 g/mol. The fraction of sp³-hybridized carbons (Fsp3) is 0.588. The normalized spacial score (nSPS) is 25.6. The van der Waals surface area contributed by atoms with Gasteiger partial charge in [0, 0.05) is 32.1 Å². The van der Waals surface area contributed by atoms with Gasteiger partial charge in [-0.15, -0.1) is 0 Å². The van der Waals surface area contributed by atoms with Gasteiger partial charge in [-0.3, -0.25) is 4.79 Å². The van der Waals surface area contributed by atoms with Crippen LogP contribution in [-0.4, -0.2) is 43.6 Å². The van der Waals surface area contributed by atoms with Gasteiger partial charge in [0.25, 0.3) is 0 Å². The number of hydrogen-bond acceptors (Lipinski definition) is 3. The summed E-state index contributed by atoms with van der Waals surface area (Å²) in [5, 5.41) is 3.75. The topological polar surface area (TPSA) is 41.6 Å². The molecule has 1 aromatic rings. The van der Waals surface area contributed by atoms with Crippen LogP contribution in [0.5, 0.6) is 5.75 Å². The molecule has 1 fully saturated rings. The molecule has 114 valence electrons. The summed E-state index contributed by atoms with van der Waals surface area (Å²) < 4.78 is 5.33. The number of nitrogens with zero attached hydrogens (tertiary/aromatic N) is 1. The lowest BCUT2D eigenvalue weighted by Gasteiger charge is -2.35. The highest BCUT2D eigenvalue weighted by atomic mass is 16.5. The van der Waals surface area contributed by atoms with Crippen LogP contribution < -0.4 is 10.1 Å². The predicted molar refractivity (Wildman–Crippen MR) is 82.6 cm³/mol. The van der Waals surface area contributed by atoms with Crippen molar-refractivity contribution < 1.29 is 9.53 Å². The standard InChI is InChI=1S/C17H24N2O2/c1-19-11-15(6-8-17(19)20)18-14-5-3-12-4-7-16(21-2)10-13(12)9-14/h4,7,10,14-15,18H,3,5-6,8-9,11H2,1-2H3. The number of likely N-dealkylation sites (tertiary alicyclic amines) is 1. The van der Waals surface area contributed by atoms with E-state index in [1.54, 1.807) is 7.11 Å². The predicted octanol–water partition coefficient (Wildman–Crippen LogP) is 1.76. The van der Waals surface area contributed by atoms with Crippen molar-refractivity contribution in [2.24, 2.45) is 0 Å². The van der Waals surface area contributed by atoms with Crippen LogP contribution in [0.25, 0.3) is 0 Å². The fourth-order valence-corrected chi connectivity index (χ4v) is 3.48. The molecular weight excluding hydrogens is 264 g/mol. The molecule has 2 unspecified atom stereocenters. The van der Waals surface area contributed by atoms with Crippen LogP contribution in [0.4, 0.5) is 0 Å². The van der Waals surface area contributed by atoms with E-state index in [2.05, 4.69) is 17.4 Å². The lowest BCUT2D eigenvalue weighted by Crippen LogP contribution is -2.50. The third kappa shape index (κ3) is 3.21. The molecule has 4 heteroatoms. The third-order valence-corrected chi connectivity index (χ3v) is 4.74. The molecule has 0 spiro atoms. The largest absolute Gasteiger partial charge is 0.497 e. The summed E-state index contributed by atoms with van der Waals surface area (Å²) in [7, 11) is 3.62. The number of carbonyl (C=O) groups is 1. The Kier molecular flexibility index (Phi) is 4.15. The van der Waals surface area contributed by atoms with Crippen molar-refractivity contribution in [3.8, 4) is 5.75 Å². The first-order chi connectivity index (χ1) is 10.2. The van der Waals surface area contributed by atoms with Crippen molar-refractivity contribution in [2.45, 2.75) is 44.2 Å². The number of rotatable bonds is 3. The molecule has 0 radical (unpaired) electrons. The first-order valence-electron chi connectivity index (χ1n) is 7.81. The Bertz CT molecular complexity index is 530. The van der Waals surface area contributed by atoms with E-state index in [9.17, 15) is 4.79 Å². The average Bonchev–Trinajstić information content (AvgIpc) is 2.50. The molecule has 1 saturated heterocycles. The Morgan fingerprint density at radius 3 is 2.76 bits per heavy atom. The summed E-state index contributed by atoms with van der Waals surface area (Å²) in [5.41, 5.74) is 2.85. The summed E-state index contributed by atoms with van der Waals surface area (Å²) in [5.74, 6) is 1.21. The Morgan fingerprint density at radius 2 is 2.00 bits per heavy atom. The third-order valence-electron chi connectivity index (χ3n) is 4.74. The second-order valence-electron chi connectivity index (χ2n) is 6.25. The Balaban J connectivity index is 1.62. The number of ether oxygens (including phenoxy) is 1. The molecule has 1 N–H and O–H groups in total. The highest BCUT2D eigenvalue weighted by molar-refractivity contribution is 5.76. The van der Waals surface area contributed by atoms with E-state index in [1.165, 1.54) is 17.5 Å². The first kappa shape index (κ1) is 14.4. The minimum atomic E-state index is 0.270. The minimum Gasteiger partial charge on any atom is -0.497 e. The van der Waals surface area contributed by atoms with Crippen molar-refractivity contribution >= 4 is 5.91 Å². The molecule has 0 bridgehead atoms. The zero-order valence-electron chi connectivity index (χ0n) is 12.9. The van der Waals surface area contributed by atoms with Gasteiger partial charge in [-0.25, -0.2) is 0 Å². The molecular formula is C17H24N2O2. The number of aryl methyl sites for hydroxylation is 1. The van der Waals surface area contributed by atoms with Gasteiger partial charge in [0.2, 0.25) is 5.91 Å². The smallest absolute Gasteiger partial charge is 0.222 e. The van der Waals surface area contributed by atoms with Gasteiger partial charge in [0.15, 0.2) is 0 Å². The molecule has 1 aromatic carbocycles. The number of nitrogens with one attached hydrogen (secondary N) is 1.